The number of likely N-dealkylation sites (tertiary alicyclic amines) is 1. The van der Waals surface area contributed by atoms with Crippen molar-refractivity contribution in [3.63, 3.8) is 0 Å². The van der Waals surface area contributed by atoms with E-state index in [2.05, 4.69) is 17.1 Å². The second-order valence-corrected chi connectivity index (χ2v) is 6.23. The third-order valence-electron chi connectivity index (χ3n) is 3.90. The van der Waals surface area contributed by atoms with Gasteiger partial charge in [0, 0.05) is 28.7 Å². The molecule has 5 heteroatoms. The first-order valence-electron chi connectivity index (χ1n) is 7.16. The number of rotatable bonds is 6. The average Bonchev–Trinajstić information content (AvgIpc) is 2.89. The molecule has 0 aromatic heterocycles. The maximum absolute atomic E-state index is 10.2. The van der Waals surface area contributed by atoms with Gasteiger partial charge in [-0.25, -0.2) is 0 Å². The molecule has 2 atom stereocenters. The van der Waals surface area contributed by atoms with Crippen molar-refractivity contribution in [3.05, 3.63) is 33.8 Å². The molecule has 2 unspecified atom stereocenters. The van der Waals surface area contributed by atoms with Crippen molar-refractivity contribution < 1.29 is 5.11 Å². The van der Waals surface area contributed by atoms with E-state index in [1.807, 2.05) is 0 Å². The van der Waals surface area contributed by atoms with Crippen molar-refractivity contribution in [2.45, 2.75) is 19.4 Å². The summed E-state index contributed by atoms with van der Waals surface area (Å²) in [6, 6.07) is 5.18. The Balaban J connectivity index is 1.78. The standard InChI is InChI=1S/C15H22Cl2N2O/c1-2-19-6-5-11(10-19)8-18-9-15(20)13-7-12(16)3-4-14(13)17/h3-4,7,11,15,18,20H,2,5-6,8-10H2,1H3. The van der Waals surface area contributed by atoms with Crippen LogP contribution in [0.4, 0.5) is 0 Å². The molecule has 0 aliphatic carbocycles. The van der Waals surface area contributed by atoms with E-state index in [1.165, 1.54) is 13.0 Å². The zero-order valence-corrected chi connectivity index (χ0v) is 13.3. The molecule has 1 aromatic rings. The van der Waals surface area contributed by atoms with Crippen LogP contribution in [0.25, 0.3) is 0 Å². The summed E-state index contributed by atoms with van der Waals surface area (Å²) in [6.45, 7) is 7.09. The normalized spacial score (nSPS) is 21.3. The first kappa shape index (κ1) is 16.1. The Morgan fingerprint density at radius 2 is 2.25 bits per heavy atom. The molecule has 0 spiro atoms. The fraction of sp³-hybridized carbons (Fsp3) is 0.600. The highest BCUT2D eigenvalue weighted by Gasteiger charge is 2.21. The molecule has 3 nitrogen and oxygen atoms in total. The van der Waals surface area contributed by atoms with Crippen LogP contribution in [0.2, 0.25) is 10.0 Å². The first-order chi connectivity index (χ1) is 9.60. The maximum atomic E-state index is 10.2. The summed E-state index contributed by atoms with van der Waals surface area (Å²) >= 11 is 12.0. The monoisotopic (exact) mass is 316 g/mol. The Bertz CT molecular complexity index is 442. The van der Waals surface area contributed by atoms with Crippen LogP contribution in [-0.4, -0.2) is 42.7 Å². The number of nitrogens with zero attached hydrogens (tertiary/aromatic N) is 1. The summed E-state index contributed by atoms with van der Waals surface area (Å²) in [4.78, 5) is 2.45. The van der Waals surface area contributed by atoms with Gasteiger partial charge in [-0.1, -0.05) is 30.1 Å². The number of hydrogen-bond acceptors (Lipinski definition) is 3. The molecule has 0 amide bonds. The molecule has 2 rings (SSSR count). The molecule has 1 aliphatic heterocycles. The summed E-state index contributed by atoms with van der Waals surface area (Å²) in [5.41, 5.74) is 0.688. The van der Waals surface area contributed by atoms with E-state index in [0.717, 1.165) is 19.6 Å². The Morgan fingerprint density at radius 3 is 2.95 bits per heavy atom. The van der Waals surface area contributed by atoms with Gasteiger partial charge in [-0.15, -0.1) is 0 Å². The van der Waals surface area contributed by atoms with E-state index < -0.39 is 6.10 Å². The summed E-state index contributed by atoms with van der Waals surface area (Å²) in [6.07, 6.45) is 0.611. The number of aliphatic hydroxyl groups is 1. The predicted octanol–water partition coefficient (Wildman–Crippen LogP) is 2.96. The highest BCUT2D eigenvalue weighted by Crippen LogP contribution is 2.26. The molecule has 20 heavy (non-hydrogen) atoms. The Morgan fingerprint density at radius 1 is 1.45 bits per heavy atom. The number of halogens is 2. The van der Waals surface area contributed by atoms with Gasteiger partial charge in [0.1, 0.15) is 0 Å². The topological polar surface area (TPSA) is 35.5 Å². The molecule has 1 aliphatic rings. The van der Waals surface area contributed by atoms with Gasteiger partial charge < -0.3 is 15.3 Å². The molecule has 1 aromatic carbocycles. The van der Waals surface area contributed by atoms with Gasteiger partial charge in [0.25, 0.3) is 0 Å². The predicted molar refractivity (Wildman–Crippen MR) is 84.5 cm³/mol. The molecule has 0 saturated carbocycles. The zero-order valence-electron chi connectivity index (χ0n) is 11.8. The minimum absolute atomic E-state index is 0.503. The van der Waals surface area contributed by atoms with Crippen LogP contribution >= 0.6 is 23.2 Å². The third-order valence-corrected chi connectivity index (χ3v) is 4.48. The van der Waals surface area contributed by atoms with Crippen LogP contribution in [-0.2, 0) is 0 Å². The van der Waals surface area contributed by atoms with Crippen molar-refractivity contribution in [2.24, 2.45) is 5.92 Å². The lowest BCUT2D eigenvalue weighted by Gasteiger charge is -2.17. The van der Waals surface area contributed by atoms with Crippen LogP contribution in [0.1, 0.15) is 25.0 Å². The summed E-state index contributed by atoms with van der Waals surface area (Å²) < 4.78 is 0. The largest absolute Gasteiger partial charge is 0.387 e. The smallest absolute Gasteiger partial charge is 0.0929 e. The lowest BCUT2D eigenvalue weighted by atomic mass is 10.1. The fourth-order valence-corrected chi connectivity index (χ4v) is 3.09. The molecule has 1 saturated heterocycles. The highest BCUT2D eigenvalue weighted by atomic mass is 35.5. The lowest BCUT2D eigenvalue weighted by Crippen LogP contribution is -2.29. The van der Waals surface area contributed by atoms with Gasteiger partial charge in [-0.2, -0.15) is 0 Å². The molecule has 1 fully saturated rings. The number of nitrogens with one attached hydrogen (secondary N) is 1. The van der Waals surface area contributed by atoms with Gasteiger partial charge in [-0.05, 0) is 50.2 Å². The molecule has 1 heterocycles. The lowest BCUT2D eigenvalue weighted by molar-refractivity contribution is 0.173. The van der Waals surface area contributed by atoms with Crippen molar-refractivity contribution in [1.82, 2.24) is 10.2 Å². The van der Waals surface area contributed by atoms with Crippen LogP contribution in [0, 0.1) is 5.92 Å². The average molecular weight is 317 g/mol. The van der Waals surface area contributed by atoms with Gasteiger partial charge >= 0.3 is 0 Å². The van der Waals surface area contributed by atoms with Crippen molar-refractivity contribution in [3.8, 4) is 0 Å². The number of hydrogen-bond donors (Lipinski definition) is 2. The van der Waals surface area contributed by atoms with Gasteiger partial charge in [0.05, 0.1) is 6.10 Å². The van der Waals surface area contributed by atoms with Gasteiger partial charge in [0.2, 0.25) is 0 Å². The van der Waals surface area contributed by atoms with E-state index in [4.69, 9.17) is 23.2 Å². The van der Waals surface area contributed by atoms with Gasteiger partial charge in [0.15, 0.2) is 0 Å². The minimum Gasteiger partial charge on any atom is -0.387 e. The van der Waals surface area contributed by atoms with Crippen LogP contribution < -0.4 is 5.32 Å². The Kier molecular flexibility index (Phi) is 6.12. The summed E-state index contributed by atoms with van der Waals surface area (Å²) in [5, 5.41) is 14.7. The fourth-order valence-electron chi connectivity index (χ4n) is 2.67. The van der Waals surface area contributed by atoms with Crippen LogP contribution in [0.3, 0.4) is 0 Å². The van der Waals surface area contributed by atoms with E-state index in [-0.39, 0.29) is 0 Å². The van der Waals surface area contributed by atoms with Crippen molar-refractivity contribution in [2.75, 3.05) is 32.7 Å². The quantitative estimate of drug-likeness (QED) is 0.847. The Hall–Kier alpha value is -0.320. The summed E-state index contributed by atoms with van der Waals surface area (Å²) in [7, 11) is 0. The second-order valence-electron chi connectivity index (χ2n) is 5.39. The number of benzene rings is 1. The first-order valence-corrected chi connectivity index (χ1v) is 7.91. The van der Waals surface area contributed by atoms with E-state index in [0.29, 0.717) is 28.1 Å². The van der Waals surface area contributed by atoms with Crippen LogP contribution in [0.15, 0.2) is 18.2 Å². The van der Waals surface area contributed by atoms with Crippen molar-refractivity contribution >= 4 is 23.2 Å². The molecule has 0 radical (unpaired) electrons. The zero-order chi connectivity index (χ0) is 14.5. The van der Waals surface area contributed by atoms with Crippen molar-refractivity contribution in [1.29, 1.82) is 0 Å². The highest BCUT2D eigenvalue weighted by molar-refractivity contribution is 6.33. The van der Waals surface area contributed by atoms with E-state index in [1.54, 1.807) is 18.2 Å². The molecule has 2 N–H and O–H groups in total. The molecule has 112 valence electrons. The third kappa shape index (κ3) is 4.34. The van der Waals surface area contributed by atoms with E-state index in [9.17, 15) is 5.11 Å². The minimum atomic E-state index is -0.620. The molecular weight excluding hydrogens is 295 g/mol. The SMILES string of the molecule is CCN1CCC(CNCC(O)c2cc(Cl)ccc2Cl)C1. The number of aliphatic hydroxyl groups excluding tert-OH is 1. The molecule has 0 bridgehead atoms. The second kappa shape index (κ2) is 7.62. The Labute approximate surface area is 130 Å². The maximum Gasteiger partial charge on any atom is 0.0929 e. The van der Waals surface area contributed by atoms with E-state index >= 15 is 0 Å². The van der Waals surface area contributed by atoms with Gasteiger partial charge in [-0.3, -0.25) is 0 Å². The molecular formula is C15H22Cl2N2O. The van der Waals surface area contributed by atoms with Crippen LogP contribution in [0.5, 0.6) is 0 Å². The summed E-state index contributed by atoms with van der Waals surface area (Å²) in [5.74, 6) is 0.678.